The molecular weight excluding hydrogens is 396 g/mol. The number of hydrogen-bond donors (Lipinski definition) is 1. The summed E-state index contributed by atoms with van der Waals surface area (Å²) in [5.41, 5.74) is 2.75. The Labute approximate surface area is 177 Å². The van der Waals surface area contributed by atoms with Crippen LogP contribution in [0.4, 0.5) is 0 Å². The van der Waals surface area contributed by atoms with Crippen molar-refractivity contribution in [1.82, 2.24) is 19.7 Å². The summed E-state index contributed by atoms with van der Waals surface area (Å²) in [6.07, 6.45) is 5.58. The Kier molecular flexibility index (Phi) is 6.20. The molecule has 30 heavy (non-hydrogen) atoms. The van der Waals surface area contributed by atoms with E-state index in [9.17, 15) is 9.00 Å². The maximum Gasteiger partial charge on any atom is 0.232 e. The molecule has 0 fully saturated rings. The summed E-state index contributed by atoms with van der Waals surface area (Å²) >= 11 is 0. The summed E-state index contributed by atoms with van der Waals surface area (Å²) in [6.45, 7) is 0.428. The average molecular weight is 419 g/mol. The lowest BCUT2D eigenvalue weighted by atomic mass is 10.2. The fourth-order valence-electron chi connectivity index (χ4n) is 3.20. The summed E-state index contributed by atoms with van der Waals surface area (Å²) in [5, 5.41) is 7.34. The van der Waals surface area contributed by atoms with Gasteiger partial charge in [0.25, 0.3) is 0 Å². The Morgan fingerprint density at radius 3 is 2.30 bits per heavy atom. The van der Waals surface area contributed by atoms with Crippen molar-refractivity contribution in [2.75, 3.05) is 5.75 Å². The van der Waals surface area contributed by atoms with Gasteiger partial charge in [0.05, 0.1) is 17.6 Å². The van der Waals surface area contributed by atoms with E-state index in [-0.39, 0.29) is 17.4 Å². The number of para-hydroxylation sites is 1. The van der Waals surface area contributed by atoms with Crippen molar-refractivity contribution in [2.24, 2.45) is 0 Å². The monoisotopic (exact) mass is 418 g/mol. The zero-order valence-electron chi connectivity index (χ0n) is 16.3. The molecule has 2 aromatic carbocycles. The quantitative estimate of drug-likeness (QED) is 0.478. The molecule has 1 amide bonds. The molecule has 1 atom stereocenters. The number of carbonyl (C=O) groups is 1. The molecule has 0 aliphatic heterocycles. The molecule has 0 unspecified atom stereocenters. The average Bonchev–Trinajstić information content (AvgIpc) is 3.43. The molecule has 2 aromatic heterocycles. The second-order valence-electron chi connectivity index (χ2n) is 6.82. The molecule has 0 aliphatic carbocycles. The highest BCUT2D eigenvalue weighted by molar-refractivity contribution is 7.84. The summed E-state index contributed by atoms with van der Waals surface area (Å²) in [4.78, 5) is 12.2. The van der Waals surface area contributed by atoms with Crippen LogP contribution in [0.2, 0.25) is 0 Å². The number of amides is 1. The molecular formula is C23H22N4O2S. The maximum absolute atomic E-state index is 12.7. The number of rotatable bonds is 8. The number of carbonyl (C=O) groups excluding carboxylic acids is 1. The molecule has 0 bridgehead atoms. The van der Waals surface area contributed by atoms with E-state index in [1.807, 2.05) is 94.4 Å². The van der Waals surface area contributed by atoms with Crippen LogP contribution in [0.25, 0.3) is 11.5 Å². The summed E-state index contributed by atoms with van der Waals surface area (Å²) in [6, 6.07) is 23.3. The zero-order valence-corrected chi connectivity index (χ0v) is 17.2. The molecule has 0 radical (unpaired) electrons. The second-order valence-corrected chi connectivity index (χ2v) is 8.28. The van der Waals surface area contributed by atoms with E-state index in [0.29, 0.717) is 6.54 Å². The molecule has 0 aliphatic rings. The molecule has 4 aromatic rings. The molecule has 0 saturated heterocycles. The first-order chi connectivity index (χ1) is 14.7. The van der Waals surface area contributed by atoms with Crippen LogP contribution in [0, 0.1) is 0 Å². The summed E-state index contributed by atoms with van der Waals surface area (Å²) < 4.78 is 16.5. The van der Waals surface area contributed by atoms with Crippen LogP contribution < -0.4 is 5.32 Å². The van der Waals surface area contributed by atoms with E-state index in [1.165, 1.54) is 0 Å². The molecule has 2 heterocycles. The molecule has 0 spiro atoms. The Hall–Kier alpha value is -3.45. The van der Waals surface area contributed by atoms with Crippen LogP contribution >= 0.6 is 0 Å². The van der Waals surface area contributed by atoms with Crippen LogP contribution in [0.3, 0.4) is 0 Å². The van der Waals surface area contributed by atoms with E-state index in [1.54, 1.807) is 6.20 Å². The SMILES string of the molecule is O=C(C[S@](=O)Cc1cnn(-c2ccccc2)c1-n1cccc1)NCc1ccccc1. The number of nitrogens with zero attached hydrogens (tertiary/aromatic N) is 3. The predicted molar refractivity (Wildman–Crippen MR) is 118 cm³/mol. The number of benzene rings is 2. The topological polar surface area (TPSA) is 68.9 Å². The van der Waals surface area contributed by atoms with Gasteiger partial charge in [0, 0.05) is 35.3 Å². The van der Waals surface area contributed by atoms with Crippen molar-refractivity contribution in [1.29, 1.82) is 0 Å². The predicted octanol–water partition coefficient (Wildman–Crippen LogP) is 3.23. The van der Waals surface area contributed by atoms with Crippen LogP contribution in [-0.2, 0) is 27.9 Å². The molecule has 4 rings (SSSR count). The van der Waals surface area contributed by atoms with Crippen molar-refractivity contribution < 1.29 is 9.00 Å². The normalized spacial score (nSPS) is 11.9. The van der Waals surface area contributed by atoms with Crippen molar-refractivity contribution in [3.63, 3.8) is 0 Å². The lowest BCUT2D eigenvalue weighted by Gasteiger charge is -2.11. The second kappa shape index (κ2) is 9.37. The minimum Gasteiger partial charge on any atom is -0.351 e. The number of hydrogen-bond acceptors (Lipinski definition) is 3. The van der Waals surface area contributed by atoms with Gasteiger partial charge >= 0.3 is 0 Å². The van der Waals surface area contributed by atoms with Crippen LogP contribution in [-0.4, -0.2) is 30.2 Å². The van der Waals surface area contributed by atoms with Crippen LogP contribution in [0.1, 0.15) is 11.1 Å². The van der Waals surface area contributed by atoms with Crippen molar-refractivity contribution in [3.8, 4) is 11.5 Å². The highest BCUT2D eigenvalue weighted by atomic mass is 32.2. The third-order valence-electron chi connectivity index (χ3n) is 4.61. The first-order valence-corrected chi connectivity index (χ1v) is 11.1. The lowest BCUT2D eigenvalue weighted by Crippen LogP contribution is -2.28. The maximum atomic E-state index is 12.7. The Morgan fingerprint density at radius 1 is 0.933 bits per heavy atom. The molecule has 0 saturated carbocycles. The Bertz CT molecular complexity index is 1120. The van der Waals surface area contributed by atoms with Gasteiger partial charge in [-0.25, -0.2) is 4.68 Å². The van der Waals surface area contributed by atoms with Gasteiger partial charge in [0.2, 0.25) is 5.91 Å². The van der Waals surface area contributed by atoms with Crippen LogP contribution in [0.15, 0.2) is 91.4 Å². The summed E-state index contributed by atoms with van der Waals surface area (Å²) in [7, 11) is -1.35. The third kappa shape index (κ3) is 4.75. The van der Waals surface area contributed by atoms with Gasteiger partial charge in [-0.05, 0) is 29.8 Å². The van der Waals surface area contributed by atoms with Gasteiger partial charge in [-0.2, -0.15) is 5.10 Å². The van der Waals surface area contributed by atoms with E-state index in [0.717, 1.165) is 22.6 Å². The zero-order chi connectivity index (χ0) is 20.8. The molecule has 152 valence electrons. The van der Waals surface area contributed by atoms with Gasteiger partial charge in [-0.3, -0.25) is 9.00 Å². The number of nitrogens with one attached hydrogen (secondary N) is 1. The highest BCUT2D eigenvalue weighted by Gasteiger charge is 2.17. The smallest absolute Gasteiger partial charge is 0.232 e. The molecule has 6 nitrogen and oxygen atoms in total. The minimum absolute atomic E-state index is 0.0472. The van der Waals surface area contributed by atoms with Gasteiger partial charge in [-0.1, -0.05) is 48.5 Å². The lowest BCUT2D eigenvalue weighted by molar-refractivity contribution is -0.118. The van der Waals surface area contributed by atoms with Crippen molar-refractivity contribution >= 4 is 16.7 Å². The van der Waals surface area contributed by atoms with Gasteiger partial charge in [-0.15, -0.1) is 0 Å². The van der Waals surface area contributed by atoms with E-state index < -0.39 is 10.8 Å². The van der Waals surface area contributed by atoms with E-state index >= 15 is 0 Å². The largest absolute Gasteiger partial charge is 0.351 e. The number of aromatic nitrogens is 3. The standard InChI is InChI=1S/C23H22N4O2S/c28-22(24-15-19-9-3-1-4-10-19)18-30(29)17-20-16-25-27(21-11-5-2-6-12-21)23(20)26-13-7-8-14-26/h1-14,16H,15,17-18H2,(H,24,28)/t30-/m1/s1. The van der Waals surface area contributed by atoms with E-state index in [4.69, 9.17) is 0 Å². The minimum atomic E-state index is -1.35. The first kappa shape index (κ1) is 19.8. The van der Waals surface area contributed by atoms with Crippen molar-refractivity contribution in [3.05, 3.63) is 103 Å². The molecule has 7 heteroatoms. The Morgan fingerprint density at radius 2 is 1.60 bits per heavy atom. The van der Waals surface area contributed by atoms with Gasteiger partial charge in [0.15, 0.2) is 0 Å². The highest BCUT2D eigenvalue weighted by Crippen LogP contribution is 2.21. The van der Waals surface area contributed by atoms with Gasteiger partial charge in [0.1, 0.15) is 11.6 Å². The third-order valence-corrected chi connectivity index (χ3v) is 5.82. The Balaban J connectivity index is 1.47. The fraction of sp³-hybridized carbons (Fsp3) is 0.130. The van der Waals surface area contributed by atoms with Crippen LogP contribution in [0.5, 0.6) is 0 Å². The molecule has 1 N–H and O–H groups in total. The van der Waals surface area contributed by atoms with Gasteiger partial charge < -0.3 is 9.88 Å². The fourth-order valence-corrected chi connectivity index (χ4v) is 4.25. The van der Waals surface area contributed by atoms with E-state index in [2.05, 4.69) is 10.4 Å². The first-order valence-electron chi connectivity index (χ1n) is 9.62. The van der Waals surface area contributed by atoms with Crippen molar-refractivity contribution in [2.45, 2.75) is 12.3 Å². The summed E-state index contributed by atoms with van der Waals surface area (Å²) in [5.74, 6) is 0.799.